The zero-order chi connectivity index (χ0) is 21.3. The molecule has 4 N–H and O–H groups in total. The lowest BCUT2D eigenvalue weighted by Gasteiger charge is -2.18. The Hall–Kier alpha value is -3.61. The van der Waals surface area contributed by atoms with Gasteiger partial charge < -0.3 is 10.9 Å². The Balaban J connectivity index is 1.52. The first-order valence-corrected chi connectivity index (χ1v) is 9.94. The minimum Gasteiger partial charge on any atom is -0.409 e. The van der Waals surface area contributed by atoms with Crippen molar-refractivity contribution in [2.75, 3.05) is 5.53 Å². The van der Waals surface area contributed by atoms with Gasteiger partial charge >= 0.3 is 0 Å². The number of nitrogens with two attached hydrogens (primary N) is 1. The van der Waals surface area contributed by atoms with E-state index in [0.29, 0.717) is 0 Å². The van der Waals surface area contributed by atoms with Gasteiger partial charge in [0.05, 0.1) is 17.6 Å². The van der Waals surface area contributed by atoms with E-state index in [1.807, 2.05) is 24.4 Å². The average Bonchev–Trinajstić information content (AvgIpc) is 3.38. The molecule has 4 rings (SSSR count). The molecule has 154 valence electrons. The second kappa shape index (κ2) is 7.67. The Morgan fingerprint density at radius 2 is 1.90 bits per heavy atom. The zero-order valence-corrected chi connectivity index (χ0v) is 17.4. The average molecular weight is 403 g/mol. The van der Waals surface area contributed by atoms with Crippen LogP contribution in [-0.2, 0) is 11.8 Å². The lowest BCUT2D eigenvalue weighted by Crippen LogP contribution is -2.15. The fourth-order valence-electron chi connectivity index (χ4n) is 3.70. The minimum atomic E-state index is 0.123. The summed E-state index contributed by atoms with van der Waals surface area (Å²) < 4.78 is 1.74. The van der Waals surface area contributed by atoms with E-state index in [0.717, 1.165) is 46.5 Å². The Morgan fingerprint density at radius 1 is 1.13 bits per heavy atom. The van der Waals surface area contributed by atoms with Crippen molar-refractivity contribution in [3.63, 3.8) is 0 Å². The summed E-state index contributed by atoms with van der Waals surface area (Å²) >= 11 is 0. The summed E-state index contributed by atoms with van der Waals surface area (Å²) in [5.41, 5.74) is 16.0. The third-order valence-electron chi connectivity index (χ3n) is 5.41. The van der Waals surface area contributed by atoms with Gasteiger partial charge in [0.2, 0.25) is 0 Å². The summed E-state index contributed by atoms with van der Waals surface area (Å²) in [5, 5.41) is 16.7. The van der Waals surface area contributed by atoms with Crippen molar-refractivity contribution in [2.24, 2.45) is 16.0 Å². The van der Waals surface area contributed by atoms with Gasteiger partial charge in [-0.3, -0.25) is 0 Å². The van der Waals surface area contributed by atoms with E-state index in [-0.39, 0.29) is 11.3 Å². The van der Waals surface area contributed by atoms with E-state index in [1.165, 1.54) is 5.56 Å². The maximum absolute atomic E-state index is 9.00. The summed E-state index contributed by atoms with van der Waals surface area (Å²) in [6.07, 6.45) is 5.21. The number of rotatable bonds is 4. The molecular formula is C23H26N6O. The van der Waals surface area contributed by atoms with E-state index < -0.39 is 0 Å². The number of hydrogen-bond donors (Lipinski definition) is 3. The molecule has 7 heteroatoms. The molecule has 30 heavy (non-hydrogen) atoms. The van der Waals surface area contributed by atoms with E-state index in [4.69, 9.17) is 10.9 Å². The normalized spacial score (nSPS) is 15.4. The molecule has 0 fully saturated rings. The summed E-state index contributed by atoms with van der Waals surface area (Å²) in [6, 6.07) is 14.3. The molecule has 0 bridgehead atoms. The molecule has 1 heterocycles. The Labute approximate surface area is 175 Å². The second-order valence-electron chi connectivity index (χ2n) is 8.47. The van der Waals surface area contributed by atoms with Gasteiger partial charge in [0.25, 0.3) is 0 Å². The Kier molecular flexibility index (Phi) is 5.03. The molecule has 0 amide bonds. The third kappa shape index (κ3) is 3.78. The third-order valence-corrected chi connectivity index (χ3v) is 5.41. The predicted molar refractivity (Wildman–Crippen MR) is 120 cm³/mol. The van der Waals surface area contributed by atoms with Crippen LogP contribution in [0.3, 0.4) is 0 Å². The molecule has 2 aromatic carbocycles. The molecule has 3 aromatic rings. The summed E-state index contributed by atoms with van der Waals surface area (Å²) in [6.45, 7) is 6.61. The number of amidine groups is 1. The number of hydrogen-bond acceptors (Lipinski definition) is 5. The summed E-state index contributed by atoms with van der Waals surface area (Å²) in [7, 11) is 0. The number of imidazole rings is 1. The Morgan fingerprint density at radius 3 is 2.60 bits per heavy atom. The van der Waals surface area contributed by atoms with Crippen molar-refractivity contribution >= 4 is 11.5 Å². The molecule has 1 aromatic heterocycles. The second-order valence-corrected chi connectivity index (χ2v) is 8.47. The molecule has 0 unspecified atom stereocenters. The van der Waals surface area contributed by atoms with Gasteiger partial charge in [-0.1, -0.05) is 68.4 Å². The monoisotopic (exact) mass is 402 g/mol. The van der Waals surface area contributed by atoms with E-state index in [2.05, 4.69) is 65.8 Å². The lowest BCUT2D eigenvalue weighted by atomic mass is 9.86. The number of nitrogens with zero attached hydrogens (tertiary/aromatic N) is 4. The minimum absolute atomic E-state index is 0.123. The van der Waals surface area contributed by atoms with Crippen LogP contribution in [0.2, 0.25) is 0 Å². The first-order chi connectivity index (χ1) is 14.4. The van der Waals surface area contributed by atoms with E-state index in [9.17, 15) is 0 Å². The first-order valence-electron chi connectivity index (χ1n) is 9.94. The van der Waals surface area contributed by atoms with Crippen LogP contribution in [0.1, 0.15) is 49.4 Å². The molecule has 7 nitrogen and oxygen atoms in total. The van der Waals surface area contributed by atoms with Crippen molar-refractivity contribution in [1.82, 2.24) is 9.66 Å². The van der Waals surface area contributed by atoms with Crippen molar-refractivity contribution in [3.05, 3.63) is 77.2 Å². The summed E-state index contributed by atoms with van der Waals surface area (Å²) in [4.78, 5) is 4.49. The number of aromatic nitrogens is 2. The highest BCUT2D eigenvalue weighted by molar-refractivity contribution is 6.09. The highest BCUT2D eigenvalue weighted by atomic mass is 16.4. The van der Waals surface area contributed by atoms with Gasteiger partial charge in [-0.25, -0.2) is 15.2 Å². The first kappa shape index (κ1) is 19.7. The number of benzene rings is 2. The van der Waals surface area contributed by atoms with Crippen LogP contribution in [-0.4, -0.2) is 26.4 Å². The summed E-state index contributed by atoms with van der Waals surface area (Å²) in [5.74, 6) is 0.123. The molecule has 0 radical (unpaired) electrons. The van der Waals surface area contributed by atoms with Crippen molar-refractivity contribution in [3.8, 4) is 11.3 Å². The van der Waals surface area contributed by atoms with Crippen molar-refractivity contribution in [1.29, 1.82) is 0 Å². The topological polar surface area (TPSA) is 101 Å². The Bertz CT molecular complexity index is 1120. The molecule has 0 aliphatic heterocycles. The molecular weight excluding hydrogens is 376 g/mol. The van der Waals surface area contributed by atoms with Gasteiger partial charge in [-0.2, -0.15) is 5.10 Å². The van der Waals surface area contributed by atoms with Crippen LogP contribution < -0.4 is 11.3 Å². The number of fused-ring (bicyclic) bond motifs is 1. The van der Waals surface area contributed by atoms with E-state index in [1.54, 1.807) is 11.0 Å². The van der Waals surface area contributed by atoms with Crippen LogP contribution in [0.25, 0.3) is 11.3 Å². The zero-order valence-electron chi connectivity index (χ0n) is 17.4. The highest BCUT2D eigenvalue weighted by Crippen LogP contribution is 2.27. The van der Waals surface area contributed by atoms with Gasteiger partial charge in [0, 0.05) is 16.7 Å². The van der Waals surface area contributed by atoms with E-state index >= 15 is 0 Å². The van der Waals surface area contributed by atoms with Gasteiger partial charge in [-0.05, 0) is 29.4 Å². The fraction of sp³-hybridized carbons (Fsp3) is 0.261. The van der Waals surface area contributed by atoms with Crippen LogP contribution in [0.15, 0.2) is 65.2 Å². The number of nitrogens with one attached hydrogen (secondary N) is 1. The quantitative estimate of drug-likeness (QED) is 0.267. The molecule has 1 aliphatic rings. The van der Waals surface area contributed by atoms with Crippen LogP contribution in [0.5, 0.6) is 0 Å². The SMILES string of the molecule is CC(C)(C)c1ccc(-c2cn(NN=C3CCc4c(C(N)=NO)cccc43)cn2)cc1. The fourth-order valence-corrected chi connectivity index (χ4v) is 3.70. The predicted octanol–water partition coefficient (Wildman–Crippen LogP) is 3.84. The van der Waals surface area contributed by atoms with Crippen molar-refractivity contribution in [2.45, 2.75) is 39.0 Å². The highest BCUT2D eigenvalue weighted by Gasteiger charge is 2.22. The number of hydrazone groups is 1. The molecule has 0 spiro atoms. The van der Waals surface area contributed by atoms with Gasteiger partial charge in [0.15, 0.2) is 5.84 Å². The smallest absolute Gasteiger partial charge is 0.170 e. The van der Waals surface area contributed by atoms with Crippen molar-refractivity contribution < 1.29 is 5.21 Å². The molecule has 0 atom stereocenters. The maximum atomic E-state index is 9.00. The van der Waals surface area contributed by atoms with Gasteiger partial charge in [-0.15, -0.1) is 0 Å². The van der Waals surface area contributed by atoms with Gasteiger partial charge in [0.1, 0.15) is 6.33 Å². The number of oxime groups is 1. The molecule has 0 saturated heterocycles. The van der Waals surface area contributed by atoms with Crippen LogP contribution >= 0.6 is 0 Å². The largest absolute Gasteiger partial charge is 0.409 e. The maximum Gasteiger partial charge on any atom is 0.170 e. The molecule has 1 aliphatic carbocycles. The van der Waals surface area contributed by atoms with Crippen LogP contribution in [0, 0.1) is 0 Å². The molecule has 0 saturated carbocycles. The lowest BCUT2D eigenvalue weighted by molar-refractivity contribution is 0.318. The van der Waals surface area contributed by atoms with Crippen LogP contribution in [0.4, 0.5) is 0 Å². The standard InChI is InChI=1S/C23H26N6O/c1-23(2,3)16-9-7-15(8-10-16)21-13-29(14-25-21)28-26-20-12-11-17-18(20)5-4-6-19(17)22(24)27-30/h4-10,13-14,28,30H,11-12H2,1-3H3,(H2,24,27).